The largest absolute Gasteiger partial charge is 0.394 e. The molecule has 0 bridgehead atoms. The molecule has 1 rings (SSSR count). The molecule has 17 heavy (non-hydrogen) atoms. The van der Waals surface area contributed by atoms with E-state index in [1.807, 2.05) is 6.07 Å². The number of carbonyl (C=O) groups excluding carboxylic acids is 1. The Morgan fingerprint density at radius 3 is 3.00 bits per heavy atom. The minimum Gasteiger partial charge on any atom is -0.394 e. The van der Waals surface area contributed by atoms with Crippen molar-refractivity contribution in [2.45, 2.75) is 11.2 Å². The third-order valence-electron chi connectivity index (χ3n) is 1.91. The van der Waals surface area contributed by atoms with E-state index in [0.717, 1.165) is 0 Å². The second-order valence-corrected chi connectivity index (χ2v) is 3.79. The lowest BCUT2D eigenvalue weighted by Crippen LogP contribution is -2.38. The third-order valence-corrected chi connectivity index (χ3v) is 2.47. The fraction of sp³-hybridized carbons (Fsp3) is 0.333. The van der Waals surface area contributed by atoms with Gasteiger partial charge in [-0.25, -0.2) is 9.97 Å². The number of rotatable bonds is 5. The Balaban J connectivity index is 3.03. The van der Waals surface area contributed by atoms with E-state index in [-0.39, 0.29) is 11.4 Å². The topological polar surface area (TPSA) is 125 Å². The first-order chi connectivity index (χ1) is 8.12. The number of primary amides is 1. The Kier molecular flexibility index (Phi) is 4.68. The molecule has 0 unspecified atom stereocenters. The molecule has 8 heteroatoms. The molecule has 0 spiro atoms. The van der Waals surface area contributed by atoms with E-state index in [4.69, 9.17) is 16.1 Å². The highest BCUT2D eigenvalue weighted by molar-refractivity contribution is 7.98. The van der Waals surface area contributed by atoms with Crippen LogP contribution in [0.15, 0.2) is 11.4 Å². The summed E-state index contributed by atoms with van der Waals surface area (Å²) in [4.78, 5) is 18.9. The number of aliphatic hydroxyl groups excluding tert-OH is 1. The summed E-state index contributed by atoms with van der Waals surface area (Å²) in [6.07, 6.45) is 3.12. The molecule has 4 N–H and O–H groups in total. The monoisotopic (exact) mass is 253 g/mol. The summed E-state index contributed by atoms with van der Waals surface area (Å²) >= 11 is 1.29. The van der Waals surface area contributed by atoms with Crippen molar-refractivity contribution in [3.63, 3.8) is 0 Å². The molecule has 1 atom stereocenters. The summed E-state index contributed by atoms with van der Waals surface area (Å²) in [6.45, 7) is -0.473. The zero-order valence-corrected chi connectivity index (χ0v) is 9.86. The highest BCUT2D eigenvalue weighted by Crippen LogP contribution is 2.16. The summed E-state index contributed by atoms with van der Waals surface area (Å²) < 4.78 is 0. The van der Waals surface area contributed by atoms with Gasteiger partial charge >= 0.3 is 0 Å². The lowest BCUT2D eigenvalue weighted by molar-refractivity contribution is -0.119. The van der Waals surface area contributed by atoms with Crippen LogP contribution in [-0.2, 0) is 4.79 Å². The number of aromatic nitrogens is 2. The third kappa shape index (κ3) is 3.30. The van der Waals surface area contributed by atoms with Crippen LogP contribution in [0, 0.1) is 11.3 Å². The van der Waals surface area contributed by atoms with E-state index in [1.54, 1.807) is 6.26 Å². The highest BCUT2D eigenvalue weighted by atomic mass is 32.2. The van der Waals surface area contributed by atoms with Gasteiger partial charge in [-0.3, -0.25) is 4.79 Å². The van der Waals surface area contributed by atoms with Gasteiger partial charge < -0.3 is 16.2 Å². The van der Waals surface area contributed by atoms with Crippen LogP contribution in [0.4, 0.5) is 5.82 Å². The SMILES string of the molecule is CSc1ncc(C#N)c(N[C@@H](CO)C(N)=O)n1. The van der Waals surface area contributed by atoms with Crippen LogP contribution in [0.5, 0.6) is 0 Å². The zero-order chi connectivity index (χ0) is 12.8. The minimum atomic E-state index is -0.980. The molecule has 1 amide bonds. The number of nitriles is 1. The Bertz CT molecular complexity index is 459. The minimum absolute atomic E-state index is 0.183. The molecule has 1 aromatic heterocycles. The summed E-state index contributed by atoms with van der Waals surface area (Å²) in [5, 5.41) is 20.9. The number of nitrogens with two attached hydrogens (primary N) is 1. The average Bonchev–Trinajstić information content (AvgIpc) is 2.35. The lowest BCUT2D eigenvalue weighted by Gasteiger charge is -2.14. The Labute approximate surface area is 102 Å². The van der Waals surface area contributed by atoms with Crippen molar-refractivity contribution in [3.8, 4) is 6.07 Å². The van der Waals surface area contributed by atoms with Crippen molar-refractivity contribution in [2.24, 2.45) is 5.73 Å². The van der Waals surface area contributed by atoms with Crippen molar-refractivity contribution in [3.05, 3.63) is 11.8 Å². The molecule has 0 aromatic carbocycles. The van der Waals surface area contributed by atoms with Crippen molar-refractivity contribution in [2.75, 3.05) is 18.2 Å². The van der Waals surface area contributed by atoms with Crippen LogP contribution in [0.1, 0.15) is 5.56 Å². The number of carbonyl (C=O) groups is 1. The molecule has 0 aliphatic rings. The van der Waals surface area contributed by atoms with Crippen molar-refractivity contribution < 1.29 is 9.90 Å². The molecule has 0 radical (unpaired) electrons. The van der Waals surface area contributed by atoms with Gasteiger partial charge in [0, 0.05) is 0 Å². The van der Waals surface area contributed by atoms with Gasteiger partial charge in [0.2, 0.25) is 5.91 Å². The van der Waals surface area contributed by atoms with Crippen molar-refractivity contribution in [1.29, 1.82) is 5.26 Å². The summed E-state index contributed by atoms with van der Waals surface area (Å²) in [7, 11) is 0. The molecule has 0 aliphatic carbocycles. The maximum atomic E-state index is 11.0. The van der Waals surface area contributed by atoms with Crippen molar-refractivity contribution in [1.82, 2.24) is 9.97 Å². The fourth-order valence-electron chi connectivity index (χ4n) is 1.03. The van der Waals surface area contributed by atoms with Gasteiger partial charge in [0.1, 0.15) is 23.5 Å². The molecule has 0 saturated carbocycles. The van der Waals surface area contributed by atoms with Gasteiger partial charge in [-0.05, 0) is 6.26 Å². The quantitative estimate of drug-likeness (QED) is 0.469. The second kappa shape index (κ2) is 6.03. The lowest BCUT2D eigenvalue weighted by atomic mass is 10.2. The van der Waals surface area contributed by atoms with Crippen LogP contribution in [0.25, 0.3) is 0 Å². The van der Waals surface area contributed by atoms with Crippen LogP contribution < -0.4 is 11.1 Å². The van der Waals surface area contributed by atoms with Crippen molar-refractivity contribution >= 4 is 23.5 Å². The zero-order valence-electron chi connectivity index (χ0n) is 9.04. The number of anilines is 1. The first-order valence-electron chi connectivity index (χ1n) is 4.60. The standard InChI is InChI=1S/C9H11N5O2S/c1-17-9-12-3-5(2-10)8(14-9)13-6(4-15)7(11)16/h3,6,15H,4H2,1H3,(H2,11,16)(H,12,13,14)/t6-/m0/s1. The van der Waals surface area contributed by atoms with E-state index in [9.17, 15) is 4.79 Å². The van der Waals surface area contributed by atoms with E-state index in [1.165, 1.54) is 18.0 Å². The number of nitrogens with zero attached hydrogens (tertiary/aromatic N) is 3. The Morgan fingerprint density at radius 1 is 1.82 bits per heavy atom. The number of thioether (sulfide) groups is 1. The summed E-state index contributed by atoms with van der Waals surface area (Å²) in [6, 6.07) is 0.905. The first kappa shape index (κ1) is 13.2. The molecule has 90 valence electrons. The number of amides is 1. The maximum Gasteiger partial charge on any atom is 0.242 e. The van der Waals surface area contributed by atoms with Crippen LogP contribution >= 0.6 is 11.8 Å². The molecule has 7 nitrogen and oxygen atoms in total. The summed E-state index contributed by atoms with van der Waals surface area (Å²) in [5.74, 6) is -0.537. The Hall–Kier alpha value is -1.85. The molecular weight excluding hydrogens is 242 g/mol. The molecule has 0 aliphatic heterocycles. The number of aliphatic hydroxyl groups is 1. The summed E-state index contributed by atoms with van der Waals surface area (Å²) in [5.41, 5.74) is 5.25. The van der Waals surface area contributed by atoms with Gasteiger partial charge in [0.25, 0.3) is 0 Å². The highest BCUT2D eigenvalue weighted by Gasteiger charge is 2.17. The average molecular weight is 253 g/mol. The number of hydrogen-bond acceptors (Lipinski definition) is 7. The molecular formula is C9H11N5O2S. The molecule has 1 heterocycles. The molecule has 1 aromatic rings. The van der Waals surface area contributed by atoms with Crippen LogP contribution in [-0.4, -0.2) is 39.9 Å². The van der Waals surface area contributed by atoms with Gasteiger partial charge in [-0.2, -0.15) is 5.26 Å². The smallest absolute Gasteiger partial charge is 0.242 e. The predicted octanol–water partition coefficient (Wildman–Crippen LogP) is -0.672. The van der Waals surface area contributed by atoms with Crippen LogP contribution in [0.3, 0.4) is 0 Å². The van der Waals surface area contributed by atoms with E-state index >= 15 is 0 Å². The van der Waals surface area contributed by atoms with E-state index in [0.29, 0.717) is 5.16 Å². The number of hydrogen-bond donors (Lipinski definition) is 3. The van der Waals surface area contributed by atoms with E-state index < -0.39 is 18.6 Å². The predicted molar refractivity (Wildman–Crippen MR) is 62.2 cm³/mol. The first-order valence-corrected chi connectivity index (χ1v) is 5.82. The number of nitrogens with one attached hydrogen (secondary N) is 1. The molecule has 0 fully saturated rings. The Morgan fingerprint density at radius 2 is 2.53 bits per heavy atom. The molecule has 0 saturated heterocycles. The fourth-order valence-corrected chi connectivity index (χ4v) is 1.37. The van der Waals surface area contributed by atoms with Gasteiger partial charge in [0.15, 0.2) is 5.16 Å². The van der Waals surface area contributed by atoms with Gasteiger partial charge in [-0.1, -0.05) is 11.8 Å². The normalized spacial score (nSPS) is 11.6. The maximum absolute atomic E-state index is 11.0. The second-order valence-electron chi connectivity index (χ2n) is 3.01. The van der Waals surface area contributed by atoms with Gasteiger partial charge in [-0.15, -0.1) is 0 Å². The van der Waals surface area contributed by atoms with E-state index in [2.05, 4.69) is 15.3 Å². The van der Waals surface area contributed by atoms with Gasteiger partial charge in [0.05, 0.1) is 12.8 Å². The van der Waals surface area contributed by atoms with Crippen LogP contribution in [0.2, 0.25) is 0 Å².